The number of rotatable bonds is 6. The fourth-order valence-corrected chi connectivity index (χ4v) is 3.92. The maximum absolute atomic E-state index is 5.50. The van der Waals surface area contributed by atoms with Crippen molar-refractivity contribution in [3.05, 3.63) is 36.5 Å². The predicted molar refractivity (Wildman–Crippen MR) is 100 cm³/mol. The molecule has 2 aromatic rings. The number of nitrogens with one attached hydrogen (secondary N) is 2. The van der Waals surface area contributed by atoms with E-state index in [1.165, 1.54) is 12.1 Å². The summed E-state index contributed by atoms with van der Waals surface area (Å²) >= 11 is 0. The molecule has 1 aromatic carbocycles. The van der Waals surface area contributed by atoms with Crippen LogP contribution >= 0.6 is 0 Å². The van der Waals surface area contributed by atoms with Crippen molar-refractivity contribution in [2.75, 3.05) is 50.1 Å². The van der Waals surface area contributed by atoms with Crippen LogP contribution in [0, 0.1) is 11.8 Å². The number of anilines is 2. The molecule has 0 aliphatic carbocycles. The molecule has 1 aromatic heterocycles. The van der Waals surface area contributed by atoms with Crippen LogP contribution in [0.4, 0.5) is 11.5 Å². The zero-order valence-corrected chi connectivity index (χ0v) is 14.8. The number of nitrogens with zero attached hydrogens (tertiary/aromatic N) is 3. The number of fused-ring (bicyclic) bond motifs is 1. The maximum atomic E-state index is 5.50. The van der Waals surface area contributed by atoms with Crippen molar-refractivity contribution in [2.45, 2.75) is 13.0 Å². The number of methoxy groups -OCH3 is 1. The highest BCUT2D eigenvalue weighted by molar-refractivity contribution is 5.59. The molecule has 134 valence electrons. The Morgan fingerprint density at radius 2 is 2.08 bits per heavy atom. The fourth-order valence-electron chi connectivity index (χ4n) is 3.92. The first-order valence-corrected chi connectivity index (χ1v) is 9.18. The molecule has 1 saturated heterocycles. The van der Waals surface area contributed by atoms with Crippen molar-refractivity contribution >= 4 is 11.5 Å². The average Bonchev–Trinajstić information content (AvgIpc) is 3.30. The van der Waals surface area contributed by atoms with E-state index < -0.39 is 0 Å². The molecule has 2 aliphatic rings. The molecule has 0 amide bonds. The molecule has 2 atom stereocenters. The van der Waals surface area contributed by atoms with E-state index >= 15 is 0 Å². The summed E-state index contributed by atoms with van der Waals surface area (Å²) in [6.45, 7) is 6.34. The van der Waals surface area contributed by atoms with Crippen molar-refractivity contribution < 1.29 is 4.74 Å². The van der Waals surface area contributed by atoms with Crippen LogP contribution in [-0.2, 0) is 6.54 Å². The number of hydrogen-bond donors (Lipinski definition) is 2. The maximum Gasteiger partial charge on any atom is 0.142 e. The molecule has 1 fully saturated rings. The Kier molecular flexibility index (Phi) is 4.78. The smallest absolute Gasteiger partial charge is 0.142 e. The van der Waals surface area contributed by atoms with E-state index in [1.54, 1.807) is 7.11 Å². The van der Waals surface area contributed by atoms with Gasteiger partial charge in [0.2, 0.25) is 0 Å². The molecule has 25 heavy (non-hydrogen) atoms. The minimum atomic E-state index is 0.596. The molecule has 0 saturated carbocycles. The summed E-state index contributed by atoms with van der Waals surface area (Å²) in [4.78, 5) is 2.45. The minimum absolute atomic E-state index is 0.596. The van der Waals surface area contributed by atoms with Crippen molar-refractivity contribution in [3.63, 3.8) is 0 Å². The molecule has 0 bridgehead atoms. The van der Waals surface area contributed by atoms with Gasteiger partial charge < -0.3 is 20.3 Å². The summed E-state index contributed by atoms with van der Waals surface area (Å²) < 4.78 is 7.57. The van der Waals surface area contributed by atoms with Gasteiger partial charge in [0.1, 0.15) is 11.6 Å². The van der Waals surface area contributed by atoms with Crippen LogP contribution < -0.4 is 20.3 Å². The molecule has 6 nitrogen and oxygen atoms in total. The second-order valence-electron chi connectivity index (χ2n) is 7.08. The van der Waals surface area contributed by atoms with Crippen LogP contribution in [0.25, 0.3) is 0 Å². The minimum Gasteiger partial charge on any atom is -0.495 e. The number of hydrogen-bond acceptors (Lipinski definition) is 5. The summed E-state index contributed by atoms with van der Waals surface area (Å²) in [6.07, 6.45) is 3.10. The summed E-state index contributed by atoms with van der Waals surface area (Å²) in [5.74, 6) is 3.40. The number of para-hydroxylation sites is 2. The standard InChI is InChI=1S/C19H27N5O/c1-25-18-5-3-2-4-17(18)23-9-7-15(13-23)10-20-11-16-12-21-19-6-8-22-24(19)14-16/h2-6,8,15-16,20-21H,7,9-14H2,1H3/t15-,16+/m0/s1. The first-order valence-electron chi connectivity index (χ1n) is 9.18. The SMILES string of the molecule is COc1ccccc1N1CC[C@@H](CNC[C@@H]2CNc3ccnn3C2)C1. The monoisotopic (exact) mass is 341 g/mol. The van der Waals surface area contributed by atoms with Gasteiger partial charge in [0, 0.05) is 44.7 Å². The molecular formula is C19H27N5O. The fraction of sp³-hybridized carbons (Fsp3) is 0.526. The Labute approximate surface area is 149 Å². The third-order valence-electron chi connectivity index (χ3n) is 5.30. The summed E-state index contributed by atoms with van der Waals surface area (Å²) in [5, 5.41) is 11.5. The third-order valence-corrected chi connectivity index (χ3v) is 5.30. The van der Waals surface area contributed by atoms with Crippen LogP contribution in [0.1, 0.15) is 6.42 Å². The molecular weight excluding hydrogens is 314 g/mol. The first kappa shape index (κ1) is 16.3. The second kappa shape index (κ2) is 7.35. The van der Waals surface area contributed by atoms with Gasteiger partial charge in [0.05, 0.1) is 19.0 Å². The van der Waals surface area contributed by atoms with Gasteiger partial charge in [0.15, 0.2) is 0 Å². The molecule has 0 spiro atoms. The van der Waals surface area contributed by atoms with E-state index in [1.807, 2.05) is 24.4 Å². The van der Waals surface area contributed by atoms with Crippen LogP contribution in [0.3, 0.4) is 0 Å². The average molecular weight is 341 g/mol. The summed E-state index contributed by atoms with van der Waals surface area (Å²) in [7, 11) is 1.75. The highest BCUT2D eigenvalue weighted by Gasteiger charge is 2.25. The molecule has 0 unspecified atom stereocenters. The van der Waals surface area contributed by atoms with E-state index in [0.29, 0.717) is 11.8 Å². The summed E-state index contributed by atoms with van der Waals surface area (Å²) in [5.41, 5.74) is 1.22. The van der Waals surface area contributed by atoms with Crippen molar-refractivity contribution in [1.82, 2.24) is 15.1 Å². The molecule has 4 rings (SSSR count). The van der Waals surface area contributed by atoms with E-state index in [2.05, 4.69) is 37.4 Å². The van der Waals surface area contributed by atoms with Gasteiger partial charge in [-0.25, -0.2) is 4.68 Å². The molecule has 3 heterocycles. The van der Waals surface area contributed by atoms with Gasteiger partial charge in [-0.3, -0.25) is 0 Å². The van der Waals surface area contributed by atoms with Crippen molar-refractivity contribution in [3.8, 4) is 5.75 Å². The number of benzene rings is 1. The largest absolute Gasteiger partial charge is 0.495 e. The van der Waals surface area contributed by atoms with Gasteiger partial charge in [-0.2, -0.15) is 5.10 Å². The predicted octanol–water partition coefficient (Wildman–Crippen LogP) is 2.05. The van der Waals surface area contributed by atoms with E-state index in [4.69, 9.17) is 4.74 Å². The van der Waals surface area contributed by atoms with Crippen LogP contribution in [0.2, 0.25) is 0 Å². The van der Waals surface area contributed by atoms with E-state index in [0.717, 1.165) is 50.8 Å². The van der Waals surface area contributed by atoms with Crippen LogP contribution in [0.15, 0.2) is 36.5 Å². The lowest BCUT2D eigenvalue weighted by Crippen LogP contribution is -2.37. The molecule has 2 aliphatic heterocycles. The zero-order valence-electron chi connectivity index (χ0n) is 14.8. The quantitative estimate of drug-likeness (QED) is 0.842. The second-order valence-corrected chi connectivity index (χ2v) is 7.08. The summed E-state index contributed by atoms with van der Waals surface area (Å²) in [6, 6.07) is 10.4. The Hall–Kier alpha value is -2.21. The zero-order chi connectivity index (χ0) is 17.1. The third kappa shape index (κ3) is 3.58. The lowest BCUT2D eigenvalue weighted by Gasteiger charge is -2.26. The van der Waals surface area contributed by atoms with Gasteiger partial charge >= 0.3 is 0 Å². The molecule has 6 heteroatoms. The molecule has 0 radical (unpaired) electrons. The highest BCUT2D eigenvalue weighted by Crippen LogP contribution is 2.31. The van der Waals surface area contributed by atoms with E-state index in [9.17, 15) is 0 Å². The Morgan fingerprint density at radius 3 is 3.00 bits per heavy atom. The highest BCUT2D eigenvalue weighted by atomic mass is 16.5. The van der Waals surface area contributed by atoms with Gasteiger partial charge in [-0.05, 0) is 31.0 Å². The van der Waals surface area contributed by atoms with Gasteiger partial charge in [-0.15, -0.1) is 0 Å². The topological polar surface area (TPSA) is 54.4 Å². The normalized spacial score (nSPS) is 22.5. The van der Waals surface area contributed by atoms with Gasteiger partial charge in [-0.1, -0.05) is 12.1 Å². The van der Waals surface area contributed by atoms with E-state index in [-0.39, 0.29) is 0 Å². The Morgan fingerprint density at radius 1 is 1.20 bits per heavy atom. The van der Waals surface area contributed by atoms with Crippen LogP contribution in [0.5, 0.6) is 5.75 Å². The van der Waals surface area contributed by atoms with Crippen LogP contribution in [-0.4, -0.2) is 49.6 Å². The van der Waals surface area contributed by atoms with Crippen molar-refractivity contribution in [1.29, 1.82) is 0 Å². The first-order chi connectivity index (χ1) is 12.3. The molecule has 2 N–H and O–H groups in total. The lowest BCUT2D eigenvalue weighted by molar-refractivity contribution is 0.378. The Balaban J connectivity index is 1.24. The number of aromatic nitrogens is 2. The lowest BCUT2D eigenvalue weighted by atomic mass is 10.1. The van der Waals surface area contributed by atoms with Gasteiger partial charge in [0.25, 0.3) is 0 Å². The number of ether oxygens (including phenoxy) is 1. The van der Waals surface area contributed by atoms with Crippen molar-refractivity contribution in [2.24, 2.45) is 11.8 Å². The Bertz CT molecular complexity index is 701.